The predicted octanol–water partition coefficient (Wildman–Crippen LogP) is 3.26. The molecule has 0 spiro atoms. The van der Waals surface area contributed by atoms with E-state index in [1.165, 1.54) is 0 Å². The molecule has 0 aromatic heterocycles. The Labute approximate surface area is 174 Å². The molecule has 5 N–H and O–H groups in total. The molecule has 7 heteroatoms. The van der Waals surface area contributed by atoms with Crippen molar-refractivity contribution in [2.24, 2.45) is 5.84 Å². The monoisotopic (exact) mass is 408 g/mol. The number of carbonyl (C=O) groups is 2. The number of carbonyl (C=O) groups excluding carboxylic acids is 2. The Morgan fingerprint density at radius 3 is 2.24 bits per heavy atom. The summed E-state index contributed by atoms with van der Waals surface area (Å²) in [5.41, 5.74) is 4.90. The van der Waals surface area contributed by atoms with E-state index in [4.69, 9.17) is 17.4 Å². The molecule has 0 aliphatic heterocycles. The average molecular weight is 409 g/mol. The van der Waals surface area contributed by atoms with Gasteiger partial charge in [0.05, 0.1) is 12.6 Å². The Balaban J connectivity index is 1.97. The Hall–Kier alpha value is -3.19. The largest absolute Gasteiger partial charge is 0.322 e. The molecule has 1 atom stereocenters. The number of hydrogen-bond acceptors (Lipinski definition) is 4. The maximum atomic E-state index is 12.7. The van der Waals surface area contributed by atoms with Crippen molar-refractivity contribution in [1.29, 1.82) is 0 Å². The number of nitrogens with two attached hydrogens (primary N) is 1. The number of nitrogens with one attached hydrogen (secondary N) is 3. The van der Waals surface area contributed by atoms with Crippen LogP contribution in [0.15, 0.2) is 78.9 Å². The third-order valence-corrected chi connectivity index (χ3v) is 4.61. The van der Waals surface area contributed by atoms with E-state index < -0.39 is 0 Å². The zero-order chi connectivity index (χ0) is 20.6. The lowest BCUT2D eigenvalue weighted by molar-refractivity contribution is -0.120. The van der Waals surface area contributed by atoms with Crippen LogP contribution in [0.2, 0.25) is 5.02 Å². The number of anilines is 1. The lowest BCUT2D eigenvalue weighted by Crippen LogP contribution is -2.39. The second kappa shape index (κ2) is 9.84. The first-order valence-corrected chi connectivity index (χ1v) is 9.40. The van der Waals surface area contributed by atoms with E-state index in [1.807, 2.05) is 42.5 Å². The summed E-state index contributed by atoms with van der Waals surface area (Å²) in [6.07, 6.45) is 0. The molecule has 3 rings (SSSR count). The highest BCUT2D eigenvalue weighted by atomic mass is 35.5. The number of hydrazine groups is 1. The van der Waals surface area contributed by atoms with E-state index in [2.05, 4.69) is 16.1 Å². The fraction of sp³-hybridized carbons (Fsp3) is 0.0909. The van der Waals surface area contributed by atoms with Crippen molar-refractivity contribution in [2.45, 2.75) is 6.04 Å². The van der Waals surface area contributed by atoms with Crippen LogP contribution >= 0.6 is 11.6 Å². The minimum atomic E-state index is -0.364. The van der Waals surface area contributed by atoms with Gasteiger partial charge >= 0.3 is 0 Å². The Bertz CT molecular complexity index is 981. The summed E-state index contributed by atoms with van der Waals surface area (Å²) in [6, 6.07) is 23.4. The number of rotatable bonds is 7. The molecule has 3 aromatic rings. The molecule has 2 amide bonds. The van der Waals surface area contributed by atoms with Gasteiger partial charge in [0.1, 0.15) is 0 Å². The van der Waals surface area contributed by atoms with Crippen LogP contribution < -0.4 is 21.9 Å². The molecule has 0 saturated heterocycles. The number of halogens is 1. The van der Waals surface area contributed by atoms with Crippen LogP contribution in [-0.4, -0.2) is 18.4 Å². The summed E-state index contributed by atoms with van der Waals surface area (Å²) in [4.78, 5) is 24.4. The minimum Gasteiger partial charge on any atom is -0.322 e. The van der Waals surface area contributed by atoms with Crippen molar-refractivity contribution in [3.8, 4) is 0 Å². The van der Waals surface area contributed by atoms with Gasteiger partial charge < -0.3 is 5.32 Å². The molecule has 0 heterocycles. The minimum absolute atomic E-state index is 0.00472. The molecule has 0 aliphatic rings. The molecule has 6 nitrogen and oxygen atoms in total. The summed E-state index contributed by atoms with van der Waals surface area (Å²) in [6.45, 7) is 0.00472. The second-order valence-electron chi connectivity index (χ2n) is 6.34. The fourth-order valence-corrected chi connectivity index (χ4v) is 3.14. The zero-order valence-electron chi connectivity index (χ0n) is 15.6. The molecule has 0 unspecified atom stereocenters. The van der Waals surface area contributed by atoms with E-state index in [0.717, 1.165) is 11.1 Å². The standard InChI is InChI=1S/C22H21ClN4O2/c23-17-11-12-18(19(13-17)26-22(29)16-9-5-2-6-10-16)21(25-14-20(28)27-24)15-7-3-1-4-8-15/h1-13,21,25H,14,24H2,(H,26,29)(H,27,28)/t21-/m0/s1. The van der Waals surface area contributed by atoms with Gasteiger partial charge in [-0.1, -0.05) is 66.2 Å². The maximum absolute atomic E-state index is 12.7. The van der Waals surface area contributed by atoms with E-state index in [-0.39, 0.29) is 24.4 Å². The topological polar surface area (TPSA) is 96.2 Å². The molecular formula is C22H21ClN4O2. The quantitative estimate of drug-likeness (QED) is 0.274. The van der Waals surface area contributed by atoms with Gasteiger partial charge in [0.25, 0.3) is 5.91 Å². The van der Waals surface area contributed by atoms with Crippen LogP contribution in [0.4, 0.5) is 5.69 Å². The van der Waals surface area contributed by atoms with Crippen LogP contribution in [0.1, 0.15) is 27.5 Å². The van der Waals surface area contributed by atoms with E-state index in [1.54, 1.807) is 36.4 Å². The van der Waals surface area contributed by atoms with Gasteiger partial charge in [-0.25, -0.2) is 5.84 Å². The van der Waals surface area contributed by atoms with Gasteiger partial charge in [-0.15, -0.1) is 0 Å². The van der Waals surface area contributed by atoms with Gasteiger partial charge in [0, 0.05) is 16.3 Å². The molecule has 29 heavy (non-hydrogen) atoms. The van der Waals surface area contributed by atoms with Gasteiger partial charge in [-0.3, -0.25) is 20.3 Å². The van der Waals surface area contributed by atoms with Crippen molar-refractivity contribution in [3.63, 3.8) is 0 Å². The van der Waals surface area contributed by atoms with Gasteiger partial charge in [-0.05, 0) is 35.4 Å². The van der Waals surface area contributed by atoms with Crippen LogP contribution in [-0.2, 0) is 4.79 Å². The number of benzene rings is 3. The number of amides is 2. The normalized spacial score (nSPS) is 11.5. The van der Waals surface area contributed by atoms with Crippen molar-refractivity contribution in [2.75, 3.05) is 11.9 Å². The zero-order valence-corrected chi connectivity index (χ0v) is 16.3. The van der Waals surface area contributed by atoms with E-state index in [9.17, 15) is 9.59 Å². The summed E-state index contributed by atoms with van der Waals surface area (Å²) < 4.78 is 0. The summed E-state index contributed by atoms with van der Waals surface area (Å²) in [5, 5.41) is 6.61. The van der Waals surface area contributed by atoms with Crippen LogP contribution in [0.3, 0.4) is 0 Å². The van der Waals surface area contributed by atoms with E-state index >= 15 is 0 Å². The Morgan fingerprint density at radius 1 is 0.931 bits per heavy atom. The summed E-state index contributed by atoms with van der Waals surface area (Å²) in [7, 11) is 0. The summed E-state index contributed by atoms with van der Waals surface area (Å²) in [5.74, 6) is 4.60. The molecule has 0 aliphatic carbocycles. The number of hydrogen-bond donors (Lipinski definition) is 4. The van der Waals surface area contributed by atoms with Gasteiger partial charge in [0.15, 0.2) is 0 Å². The Kier molecular flexibility index (Phi) is 6.97. The molecular weight excluding hydrogens is 388 g/mol. The maximum Gasteiger partial charge on any atom is 0.255 e. The average Bonchev–Trinajstić information content (AvgIpc) is 2.76. The van der Waals surface area contributed by atoms with Crippen molar-refractivity contribution in [1.82, 2.24) is 10.7 Å². The highest BCUT2D eigenvalue weighted by Gasteiger charge is 2.20. The van der Waals surface area contributed by atoms with Crippen LogP contribution in [0.25, 0.3) is 0 Å². The van der Waals surface area contributed by atoms with Gasteiger partial charge in [0.2, 0.25) is 5.91 Å². The molecule has 0 radical (unpaired) electrons. The lowest BCUT2D eigenvalue weighted by atomic mass is 9.96. The van der Waals surface area contributed by atoms with Crippen molar-refractivity contribution >= 4 is 29.1 Å². The predicted molar refractivity (Wildman–Crippen MR) is 114 cm³/mol. The first-order chi connectivity index (χ1) is 14.1. The SMILES string of the molecule is NNC(=O)CN[C@@H](c1ccccc1)c1ccc(Cl)cc1NC(=O)c1ccccc1. The first-order valence-electron chi connectivity index (χ1n) is 9.02. The molecule has 148 valence electrons. The third kappa shape index (κ3) is 5.42. The first kappa shape index (κ1) is 20.5. The van der Waals surface area contributed by atoms with Crippen molar-refractivity contribution in [3.05, 3.63) is 101 Å². The highest BCUT2D eigenvalue weighted by molar-refractivity contribution is 6.31. The van der Waals surface area contributed by atoms with E-state index in [0.29, 0.717) is 16.3 Å². The molecule has 0 fully saturated rings. The Morgan fingerprint density at radius 2 is 1.59 bits per heavy atom. The van der Waals surface area contributed by atoms with Crippen molar-refractivity contribution < 1.29 is 9.59 Å². The molecule has 0 bridgehead atoms. The van der Waals surface area contributed by atoms with Crippen LogP contribution in [0, 0.1) is 0 Å². The molecule has 0 saturated carbocycles. The second-order valence-corrected chi connectivity index (χ2v) is 6.78. The smallest absolute Gasteiger partial charge is 0.255 e. The fourth-order valence-electron chi connectivity index (χ4n) is 2.97. The molecule has 3 aromatic carbocycles. The highest BCUT2D eigenvalue weighted by Crippen LogP contribution is 2.31. The van der Waals surface area contributed by atoms with Crippen LogP contribution in [0.5, 0.6) is 0 Å². The van der Waals surface area contributed by atoms with Gasteiger partial charge in [-0.2, -0.15) is 0 Å². The summed E-state index contributed by atoms with van der Waals surface area (Å²) >= 11 is 6.19. The lowest BCUT2D eigenvalue weighted by Gasteiger charge is -2.23. The third-order valence-electron chi connectivity index (χ3n) is 4.37.